The van der Waals surface area contributed by atoms with Gasteiger partial charge in [0.2, 0.25) is 11.7 Å². The lowest BCUT2D eigenvalue weighted by molar-refractivity contribution is -0.384. The molecule has 0 spiro atoms. The Balaban J connectivity index is 2.69. The number of hydrogen-bond acceptors (Lipinski definition) is 6. The van der Waals surface area contributed by atoms with Gasteiger partial charge in [0.05, 0.1) is 11.5 Å². The van der Waals surface area contributed by atoms with Crippen molar-refractivity contribution in [3.63, 3.8) is 0 Å². The second-order valence-corrected chi connectivity index (χ2v) is 2.80. The molecule has 0 aliphatic carbocycles. The van der Waals surface area contributed by atoms with E-state index in [1.165, 1.54) is 12.1 Å². The van der Waals surface area contributed by atoms with Gasteiger partial charge in [-0.3, -0.25) is 10.1 Å². The third-order valence-electron chi connectivity index (χ3n) is 1.67. The lowest BCUT2D eigenvalue weighted by Gasteiger charge is -2.04. The molecule has 82 valence electrons. The van der Waals surface area contributed by atoms with Gasteiger partial charge < -0.3 is 16.2 Å². The van der Waals surface area contributed by atoms with Gasteiger partial charge in [-0.15, -0.1) is 0 Å². The number of pyridine rings is 1. The van der Waals surface area contributed by atoms with Crippen LogP contribution in [-0.4, -0.2) is 23.1 Å². The molecule has 1 aromatic heterocycles. The number of aromatic nitrogens is 1. The number of nitro groups is 1. The molecule has 4 N–H and O–H groups in total. The van der Waals surface area contributed by atoms with E-state index in [9.17, 15) is 10.1 Å². The molecule has 0 amide bonds. The predicted octanol–water partition coefficient (Wildman–Crippen LogP) is 0.300. The molecule has 0 unspecified atom stereocenters. The third kappa shape index (κ3) is 3.06. The third-order valence-corrected chi connectivity index (χ3v) is 1.67. The lowest BCUT2D eigenvalue weighted by Crippen LogP contribution is -2.07. The number of hydrogen-bond donors (Lipinski definition) is 2. The van der Waals surface area contributed by atoms with Gasteiger partial charge in [0.15, 0.2) is 0 Å². The highest BCUT2D eigenvalue weighted by Gasteiger charge is 2.12. The molecule has 0 bridgehead atoms. The number of nitrogens with zero attached hydrogens (tertiary/aromatic N) is 2. The zero-order chi connectivity index (χ0) is 11.3. The maximum Gasteiger partial charge on any atom is 0.311 e. The van der Waals surface area contributed by atoms with Crippen LogP contribution in [0.25, 0.3) is 0 Å². The van der Waals surface area contributed by atoms with Crippen LogP contribution in [0.3, 0.4) is 0 Å². The van der Waals surface area contributed by atoms with Crippen LogP contribution in [0.5, 0.6) is 5.88 Å². The van der Waals surface area contributed by atoms with Crippen molar-refractivity contribution in [3.8, 4) is 5.88 Å². The first-order chi connectivity index (χ1) is 7.15. The van der Waals surface area contributed by atoms with Crippen LogP contribution < -0.4 is 16.2 Å². The second-order valence-electron chi connectivity index (χ2n) is 2.80. The largest absolute Gasteiger partial charge is 0.478 e. The van der Waals surface area contributed by atoms with Crippen molar-refractivity contribution in [2.45, 2.75) is 6.42 Å². The maximum absolute atomic E-state index is 10.4. The Morgan fingerprint density at radius 1 is 1.53 bits per heavy atom. The van der Waals surface area contributed by atoms with Crippen LogP contribution in [-0.2, 0) is 0 Å². The van der Waals surface area contributed by atoms with Gasteiger partial charge >= 0.3 is 5.69 Å². The molecule has 7 nitrogen and oxygen atoms in total. The minimum Gasteiger partial charge on any atom is -0.478 e. The Labute approximate surface area is 86.2 Å². The van der Waals surface area contributed by atoms with E-state index < -0.39 is 4.92 Å². The summed E-state index contributed by atoms with van der Waals surface area (Å²) in [7, 11) is 0. The van der Waals surface area contributed by atoms with Gasteiger partial charge in [-0.2, -0.15) is 4.98 Å². The standard InChI is InChI=1S/C8H12N4O3/c9-4-1-5-15-7-3-2-6(12(13)14)8(10)11-7/h2-3H,1,4-5,9H2,(H2,10,11). The van der Waals surface area contributed by atoms with E-state index in [0.717, 1.165) is 0 Å². The average molecular weight is 212 g/mol. The second kappa shape index (κ2) is 5.11. The van der Waals surface area contributed by atoms with Crippen molar-refractivity contribution in [2.24, 2.45) is 5.73 Å². The van der Waals surface area contributed by atoms with E-state index in [2.05, 4.69) is 4.98 Å². The molecule has 0 saturated heterocycles. The summed E-state index contributed by atoms with van der Waals surface area (Å²) < 4.78 is 5.17. The topological polar surface area (TPSA) is 117 Å². The Hall–Kier alpha value is -1.89. The number of anilines is 1. The molecule has 0 aromatic carbocycles. The van der Waals surface area contributed by atoms with Crippen LogP contribution >= 0.6 is 0 Å². The maximum atomic E-state index is 10.4. The van der Waals surface area contributed by atoms with Gasteiger partial charge in [0.1, 0.15) is 0 Å². The fourth-order valence-corrected chi connectivity index (χ4v) is 0.944. The number of nitrogen functional groups attached to an aromatic ring is 1. The summed E-state index contributed by atoms with van der Waals surface area (Å²) in [6.45, 7) is 0.934. The monoisotopic (exact) mass is 212 g/mol. The predicted molar refractivity (Wildman–Crippen MR) is 54.5 cm³/mol. The highest BCUT2D eigenvalue weighted by molar-refractivity contribution is 5.53. The molecule has 0 aliphatic heterocycles. The summed E-state index contributed by atoms with van der Waals surface area (Å²) in [5.41, 5.74) is 10.4. The number of ether oxygens (including phenoxy) is 1. The summed E-state index contributed by atoms with van der Waals surface area (Å²) >= 11 is 0. The summed E-state index contributed by atoms with van der Waals surface area (Å²) in [6, 6.07) is 2.67. The van der Waals surface area contributed by atoms with Crippen molar-refractivity contribution in [2.75, 3.05) is 18.9 Å². The van der Waals surface area contributed by atoms with E-state index in [1.54, 1.807) is 0 Å². The quantitative estimate of drug-likeness (QED) is 0.411. The van der Waals surface area contributed by atoms with Crippen LogP contribution in [0.1, 0.15) is 6.42 Å². The molecular weight excluding hydrogens is 200 g/mol. The SMILES string of the molecule is NCCCOc1ccc([N+](=O)[O-])c(N)n1. The fraction of sp³-hybridized carbons (Fsp3) is 0.375. The van der Waals surface area contributed by atoms with Gasteiger partial charge in [0, 0.05) is 12.1 Å². The molecule has 0 fully saturated rings. The number of nitrogens with two attached hydrogens (primary N) is 2. The summed E-state index contributed by atoms with van der Waals surface area (Å²) in [4.78, 5) is 13.6. The molecular formula is C8H12N4O3. The Kier molecular flexibility index (Phi) is 3.81. The molecule has 0 atom stereocenters. The van der Waals surface area contributed by atoms with E-state index in [4.69, 9.17) is 16.2 Å². The molecule has 1 aromatic rings. The van der Waals surface area contributed by atoms with Gasteiger partial charge in [0.25, 0.3) is 0 Å². The smallest absolute Gasteiger partial charge is 0.311 e. The first-order valence-corrected chi connectivity index (χ1v) is 4.39. The number of rotatable bonds is 5. The van der Waals surface area contributed by atoms with Crippen LogP contribution in [0.4, 0.5) is 11.5 Å². The molecule has 15 heavy (non-hydrogen) atoms. The van der Waals surface area contributed by atoms with Crippen molar-refractivity contribution in [1.29, 1.82) is 0 Å². The first kappa shape index (κ1) is 11.2. The van der Waals surface area contributed by atoms with Gasteiger partial charge in [-0.05, 0) is 13.0 Å². The van der Waals surface area contributed by atoms with Crippen molar-refractivity contribution >= 4 is 11.5 Å². The van der Waals surface area contributed by atoms with E-state index in [-0.39, 0.29) is 17.4 Å². The normalized spacial score (nSPS) is 9.93. The van der Waals surface area contributed by atoms with Gasteiger partial charge in [-0.1, -0.05) is 0 Å². The Bertz CT molecular complexity index is 356. The van der Waals surface area contributed by atoms with E-state index in [1.807, 2.05) is 0 Å². The minimum absolute atomic E-state index is 0.148. The van der Waals surface area contributed by atoms with Crippen molar-refractivity contribution in [3.05, 3.63) is 22.2 Å². The molecule has 7 heteroatoms. The molecule has 1 rings (SSSR count). The van der Waals surface area contributed by atoms with Crippen LogP contribution in [0.15, 0.2) is 12.1 Å². The molecule has 0 aliphatic rings. The molecule has 0 radical (unpaired) electrons. The fourth-order valence-electron chi connectivity index (χ4n) is 0.944. The zero-order valence-corrected chi connectivity index (χ0v) is 8.05. The summed E-state index contributed by atoms with van der Waals surface area (Å²) in [6.07, 6.45) is 0.693. The Morgan fingerprint density at radius 2 is 2.27 bits per heavy atom. The lowest BCUT2D eigenvalue weighted by atomic mass is 10.4. The zero-order valence-electron chi connectivity index (χ0n) is 8.05. The molecule has 0 saturated carbocycles. The van der Waals surface area contributed by atoms with Crippen LogP contribution in [0.2, 0.25) is 0 Å². The summed E-state index contributed by atoms with van der Waals surface area (Å²) in [5, 5.41) is 10.4. The van der Waals surface area contributed by atoms with Crippen molar-refractivity contribution in [1.82, 2.24) is 4.98 Å². The highest BCUT2D eigenvalue weighted by atomic mass is 16.6. The highest BCUT2D eigenvalue weighted by Crippen LogP contribution is 2.21. The summed E-state index contributed by atoms with van der Waals surface area (Å²) in [5.74, 6) is 0.122. The molecule has 1 heterocycles. The Morgan fingerprint density at radius 3 is 2.80 bits per heavy atom. The van der Waals surface area contributed by atoms with Crippen molar-refractivity contribution < 1.29 is 9.66 Å². The average Bonchev–Trinajstić information content (AvgIpc) is 2.17. The van der Waals surface area contributed by atoms with E-state index in [0.29, 0.717) is 19.6 Å². The van der Waals surface area contributed by atoms with Crippen LogP contribution in [0, 0.1) is 10.1 Å². The van der Waals surface area contributed by atoms with E-state index >= 15 is 0 Å². The van der Waals surface area contributed by atoms with Gasteiger partial charge in [-0.25, -0.2) is 0 Å². The first-order valence-electron chi connectivity index (χ1n) is 4.39. The minimum atomic E-state index is -0.591.